The first-order valence-electron chi connectivity index (χ1n) is 21.4. The van der Waals surface area contributed by atoms with Gasteiger partial charge >= 0.3 is 5.97 Å². The van der Waals surface area contributed by atoms with Gasteiger partial charge in [-0.05, 0) is 111 Å². The predicted molar refractivity (Wildman–Crippen MR) is 198 cm³/mol. The molecule has 4 aliphatic rings. The van der Waals surface area contributed by atoms with Crippen LogP contribution in [-0.2, 0) is 9.53 Å². The number of unbranched alkanes of at least 4 members (excludes halogenated alkanes) is 13. The maximum atomic E-state index is 13.3. The minimum absolute atomic E-state index is 0.115. The Morgan fingerprint density at radius 3 is 1.93 bits per heavy atom. The van der Waals surface area contributed by atoms with E-state index >= 15 is 0 Å². The van der Waals surface area contributed by atoms with Gasteiger partial charge in [0.1, 0.15) is 6.10 Å². The molecule has 4 saturated carbocycles. The first-order valence-corrected chi connectivity index (χ1v) is 21.4. The molecular weight excluding hydrogens is 560 g/mol. The Bertz CT molecular complexity index is 864. The van der Waals surface area contributed by atoms with E-state index in [4.69, 9.17) is 4.74 Å². The molecule has 4 aliphatic carbocycles. The van der Waals surface area contributed by atoms with E-state index in [9.17, 15) is 4.79 Å². The molecule has 4 rings (SSSR count). The van der Waals surface area contributed by atoms with Gasteiger partial charge in [-0.2, -0.15) is 0 Å². The molecule has 0 heterocycles. The summed E-state index contributed by atoms with van der Waals surface area (Å²) < 4.78 is 6.55. The van der Waals surface area contributed by atoms with Gasteiger partial charge in [0.05, 0.1) is 0 Å². The third-order valence-corrected chi connectivity index (χ3v) is 14.9. The van der Waals surface area contributed by atoms with Gasteiger partial charge in [-0.1, -0.05) is 144 Å². The van der Waals surface area contributed by atoms with Crippen molar-refractivity contribution < 1.29 is 9.53 Å². The molecule has 0 N–H and O–H groups in total. The molecule has 0 radical (unpaired) electrons. The number of ether oxygens (including phenoxy) is 1. The van der Waals surface area contributed by atoms with Crippen molar-refractivity contribution in [3.05, 3.63) is 0 Å². The molecule has 0 bridgehead atoms. The topological polar surface area (TPSA) is 26.3 Å². The zero-order valence-corrected chi connectivity index (χ0v) is 32.0. The van der Waals surface area contributed by atoms with Crippen LogP contribution in [0.1, 0.15) is 215 Å². The molecule has 0 aromatic heterocycles. The molecule has 2 unspecified atom stereocenters. The maximum Gasteiger partial charge on any atom is 0.306 e. The molecule has 0 aliphatic heterocycles. The van der Waals surface area contributed by atoms with Gasteiger partial charge in [-0.3, -0.25) is 4.79 Å². The first kappa shape index (κ1) is 38.3. The van der Waals surface area contributed by atoms with Gasteiger partial charge in [-0.15, -0.1) is 0 Å². The number of hydrogen-bond acceptors (Lipinski definition) is 2. The van der Waals surface area contributed by atoms with Crippen LogP contribution >= 0.6 is 0 Å². The molecular formula is C44H80O2. The van der Waals surface area contributed by atoms with Crippen LogP contribution < -0.4 is 0 Å². The zero-order valence-electron chi connectivity index (χ0n) is 32.0. The Kier molecular flexibility index (Phi) is 15.8. The molecule has 0 amide bonds. The lowest BCUT2D eigenvalue weighted by Gasteiger charge is -2.62. The highest BCUT2D eigenvalue weighted by Crippen LogP contribution is 2.68. The molecule has 0 spiro atoms. The second-order valence-electron chi connectivity index (χ2n) is 18.3. The average molecular weight is 641 g/mol. The lowest BCUT2D eigenvalue weighted by molar-refractivity contribution is -0.192. The molecule has 268 valence electrons. The standard InChI is InChI=1S/C44H80O2/c1-7-8-9-10-11-12-13-14-15-16-17-18-19-20-27-42(45)46-41-26-22-25-36-28-29-37-39-31-30-38(35(4)24-21-23-34(2)3)43(39,5)33-32-40(37)44(36,41)6/h34-41H,7-33H2,1-6H3/t35-,36?,37+,38-,39+,40+,41?,43-,44+/m1/s1. The van der Waals surface area contributed by atoms with Crippen molar-refractivity contribution in [1.29, 1.82) is 0 Å². The van der Waals surface area contributed by atoms with Crippen molar-refractivity contribution in [2.24, 2.45) is 52.3 Å². The molecule has 2 nitrogen and oxygen atoms in total. The predicted octanol–water partition coefficient (Wildman–Crippen LogP) is 13.9. The van der Waals surface area contributed by atoms with Crippen LogP contribution in [-0.4, -0.2) is 12.1 Å². The van der Waals surface area contributed by atoms with E-state index in [1.807, 2.05) is 0 Å². The van der Waals surface area contributed by atoms with E-state index in [0.29, 0.717) is 11.8 Å². The quantitative estimate of drug-likeness (QED) is 0.0921. The van der Waals surface area contributed by atoms with Crippen molar-refractivity contribution in [2.45, 2.75) is 221 Å². The fourth-order valence-electron chi connectivity index (χ4n) is 12.2. The Morgan fingerprint density at radius 1 is 0.674 bits per heavy atom. The van der Waals surface area contributed by atoms with Crippen LogP contribution in [0, 0.1) is 52.3 Å². The van der Waals surface area contributed by atoms with Crippen molar-refractivity contribution in [3.8, 4) is 0 Å². The summed E-state index contributed by atoms with van der Waals surface area (Å²) in [5.41, 5.74) is 0.741. The third kappa shape index (κ3) is 9.79. The van der Waals surface area contributed by atoms with Gasteiger partial charge < -0.3 is 4.74 Å². The Labute approximate surface area is 288 Å². The van der Waals surface area contributed by atoms with Crippen LogP contribution in [0.4, 0.5) is 0 Å². The number of rotatable bonds is 21. The number of carbonyl (C=O) groups is 1. The third-order valence-electron chi connectivity index (χ3n) is 14.9. The van der Waals surface area contributed by atoms with E-state index in [2.05, 4.69) is 41.5 Å². The fourth-order valence-corrected chi connectivity index (χ4v) is 12.2. The van der Waals surface area contributed by atoms with Gasteiger partial charge in [0.2, 0.25) is 0 Å². The monoisotopic (exact) mass is 641 g/mol. The lowest BCUT2D eigenvalue weighted by Crippen LogP contribution is -2.58. The van der Waals surface area contributed by atoms with E-state index in [1.54, 1.807) is 0 Å². The maximum absolute atomic E-state index is 13.3. The van der Waals surface area contributed by atoms with E-state index in [-0.39, 0.29) is 17.5 Å². The second kappa shape index (κ2) is 19.0. The highest BCUT2D eigenvalue weighted by atomic mass is 16.5. The highest BCUT2D eigenvalue weighted by molar-refractivity contribution is 5.69. The highest BCUT2D eigenvalue weighted by Gasteiger charge is 2.62. The molecule has 0 saturated heterocycles. The van der Waals surface area contributed by atoms with Crippen LogP contribution in [0.2, 0.25) is 0 Å². The molecule has 2 heteroatoms. The largest absolute Gasteiger partial charge is 0.462 e. The van der Waals surface area contributed by atoms with Crippen molar-refractivity contribution in [1.82, 2.24) is 0 Å². The van der Waals surface area contributed by atoms with Crippen LogP contribution in [0.15, 0.2) is 0 Å². The number of esters is 1. The molecule has 4 fully saturated rings. The van der Waals surface area contributed by atoms with E-state index in [1.165, 1.54) is 154 Å². The SMILES string of the molecule is CCCCCCCCCCCCCCCCC(=O)OC1CCCC2CC[C@@H]3[C@H](CC[C@]4(C)[C@@H]([C@H](C)CCCC(C)C)CC[C@@H]34)[C@]21C. The second-order valence-corrected chi connectivity index (χ2v) is 18.3. The summed E-state index contributed by atoms with van der Waals surface area (Å²) in [6, 6.07) is 0. The normalized spacial score (nSPS) is 34.6. The summed E-state index contributed by atoms with van der Waals surface area (Å²) in [5, 5.41) is 0. The van der Waals surface area contributed by atoms with Gasteiger partial charge in [0.15, 0.2) is 0 Å². The van der Waals surface area contributed by atoms with E-state index in [0.717, 1.165) is 54.3 Å². The van der Waals surface area contributed by atoms with Crippen molar-refractivity contribution in [2.75, 3.05) is 0 Å². The summed E-state index contributed by atoms with van der Waals surface area (Å²) >= 11 is 0. The molecule has 9 atom stereocenters. The lowest BCUT2D eigenvalue weighted by atomic mass is 9.44. The Balaban J connectivity index is 1.19. The van der Waals surface area contributed by atoms with Gasteiger partial charge in [-0.25, -0.2) is 0 Å². The number of carbonyl (C=O) groups excluding carboxylic acids is 1. The van der Waals surface area contributed by atoms with E-state index < -0.39 is 0 Å². The summed E-state index contributed by atoms with van der Waals surface area (Å²) in [6.07, 6.45) is 36.3. The van der Waals surface area contributed by atoms with Crippen LogP contribution in [0.3, 0.4) is 0 Å². The summed E-state index contributed by atoms with van der Waals surface area (Å²) in [4.78, 5) is 13.3. The Hall–Kier alpha value is -0.530. The summed E-state index contributed by atoms with van der Waals surface area (Å²) in [6.45, 7) is 15.0. The summed E-state index contributed by atoms with van der Waals surface area (Å²) in [5.74, 6) is 6.02. The van der Waals surface area contributed by atoms with Gasteiger partial charge in [0, 0.05) is 11.8 Å². The average Bonchev–Trinajstić information content (AvgIpc) is 3.38. The summed E-state index contributed by atoms with van der Waals surface area (Å²) in [7, 11) is 0. The first-order chi connectivity index (χ1) is 22.2. The Morgan fingerprint density at radius 2 is 1.30 bits per heavy atom. The molecule has 0 aromatic rings. The zero-order chi connectivity index (χ0) is 33.0. The fraction of sp³-hybridized carbons (Fsp3) is 0.977. The molecule has 46 heavy (non-hydrogen) atoms. The molecule has 0 aromatic carbocycles. The number of hydrogen-bond donors (Lipinski definition) is 0. The number of fused-ring (bicyclic) bond motifs is 5. The van der Waals surface area contributed by atoms with Crippen molar-refractivity contribution in [3.63, 3.8) is 0 Å². The van der Waals surface area contributed by atoms with Gasteiger partial charge in [0.25, 0.3) is 0 Å². The smallest absolute Gasteiger partial charge is 0.306 e. The van der Waals surface area contributed by atoms with Crippen molar-refractivity contribution >= 4 is 5.97 Å². The van der Waals surface area contributed by atoms with Crippen LogP contribution in [0.5, 0.6) is 0 Å². The minimum atomic E-state index is 0.115. The van der Waals surface area contributed by atoms with Crippen LogP contribution in [0.25, 0.3) is 0 Å². The minimum Gasteiger partial charge on any atom is -0.462 e.